The fourth-order valence-corrected chi connectivity index (χ4v) is 4.06. The standard InChI is InChI=1S/C13H18FNO.C12H16FN/c1-9-6-10(2)8-11(7-9)13(3,4)12(16)15(5)14;1-9-7-11(13)4-5-12(9)10-3-2-6-14-8-10/h6-8H,1-5H3;4-5,7,10,14H,2-3,6,8H2,1H3/t;10-/m.1/s1. The van der Waals surface area contributed by atoms with E-state index >= 15 is 0 Å². The SMILES string of the molecule is Cc1cc(C)cc(C(C)(C)C(=O)N(C)F)c1.Cc1cc(F)ccc1[C@@H]1CCCNC1. The molecule has 0 spiro atoms. The van der Waals surface area contributed by atoms with Crippen molar-refractivity contribution in [2.75, 3.05) is 20.1 Å². The highest BCUT2D eigenvalue weighted by Crippen LogP contribution is 2.28. The van der Waals surface area contributed by atoms with Gasteiger partial charge in [0.2, 0.25) is 0 Å². The average Bonchev–Trinajstić information content (AvgIpc) is 2.67. The molecule has 1 fully saturated rings. The van der Waals surface area contributed by atoms with E-state index in [1.54, 1.807) is 26.0 Å². The number of hydrogen-bond donors (Lipinski definition) is 1. The molecular formula is C25H34F2N2O. The number of hydrogen-bond acceptors (Lipinski definition) is 2. The molecule has 1 atom stereocenters. The summed E-state index contributed by atoms with van der Waals surface area (Å²) in [7, 11) is 1.13. The normalized spacial score (nSPS) is 16.5. The molecule has 3 rings (SSSR count). The van der Waals surface area contributed by atoms with E-state index in [4.69, 9.17) is 0 Å². The van der Waals surface area contributed by atoms with Crippen LogP contribution in [0.25, 0.3) is 0 Å². The van der Waals surface area contributed by atoms with Crippen molar-refractivity contribution in [3.63, 3.8) is 0 Å². The van der Waals surface area contributed by atoms with Gasteiger partial charge in [-0.1, -0.05) is 39.9 Å². The number of rotatable bonds is 3. The molecule has 1 amide bonds. The lowest BCUT2D eigenvalue weighted by atomic mass is 9.82. The van der Waals surface area contributed by atoms with E-state index in [1.807, 2.05) is 45.0 Å². The van der Waals surface area contributed by atoms with Crippen molar-refractivity contribution >= 4 is 5.91 Å². The minimum atomic E-state index is -0.833. The van der Waals surface area contributed by atoms with Gasteiger partial charge in [0.05, 0.1) is 5.41 Å². The fourth-order valence-electron chi connectivity index (χ4n) is 4.06. The van der Waals surface area contributed by atoms with Gasteiger partial charge in [-0.05, 0) is 88.7 Å². The third-order valence-electron chi connectivity index (χ3n) is 5.73. The second kappa shape index (κ2) is 10.2. The van der Waals surface area contributed by atoms with Crippen molar-refractivity contribution in [3.05, 3.63) is 70.0 Å². The van der Waals surface area contributed by atoms with E-state index in [1.165, 1.54) is 18.4 Å². The molecule has 1 heterocycles. The molecule has 2 aromatic carbocycles. The molecule has 1 saturated heterocycles. The summed E-state index contributed by atoms with van der Waals surface area (Å²) in [5.74, 6) is -0.0862. The topological polar surface area (TPSA) is 32.3 Å². The Morgan fingerprint density at radius 1 is 1.10 bits per heavy atom. The monoisotopic (exact) mass is 416 g/mol. The maximum absolute atomic E-state index is 13.0. The van der Waals surface area contributed by atoms with E-state index in [-0.39, 0.29) is 10.9 Å². The number of aryl methyl sites for hydroxylation is 3. The number of carbonyl (C=O) groups excluding carboxylic acids is 1. The van der Waals surface area contributed by atoms with E-state index in [0.29, 0.717) is 5.92 Å². The first kappa shape index (κ1) is 24.0. The van der Waals surface area contributed by atoms with Gasteiger partial charge in [-0.25, -0.2) is 4.39 Å². The van der Waals surface area contributed by atoms with Crippen LogP contribution in [0.15, 0.2) is 36.4 Å². The first-order valence-electron chi connectivity index (χ1n) is 10.5. The van der Waals surface area contributed by atoms with Gasteiger partial charge >= 0.3 is 0 Å². The number of nitrogens with one attached hydrogen (secondary N) is 1. The van der Waals surface area contributed by atoms with Crippen LogP contribution >= 0.6 is 0 Å². The van der Waals surface area contributed by atoms with Crippen LogP contribution in [0.5, 0.6) is 0 Å². The molecule has 164 valence electrons. The molecule has 0 bridgehead atoms. The van der Waals surface area contributed by atoms with Crippen LogP contribution in [0, 0.1) is 26.6 Å². The second-order valence-corrected chi connectivity index (χ2v) is 8.83. The largest absolute Gasteiger partial charge is 0.316 e. The zero-order valence-electron chi connectivity index (χ0n) is 19.0. The summed E-state index contributed by atoms with van der Waals surface area (Å²) in [4.78, 5) is 11.7. The van der Waals surface area contributed by atoms with Gasteiger partial charge in [0.15, 0.2) is 0 Å². The van der Waals surface area contributed by atoms with Gasteiger partial charge in [0, 0.05) is 13.6 Å². The third-order valence-corrected chi connectivity index (χ3v) is 5.73. The Morgan fingerprint density at radius 2 is 1.73 bits per heavy atom. The number of likely N-dealkylation sites (N-methyl/N-ethyl adjacent to an activating group) is 1. The first-order chi connectivity index (χ1) is 14.0. The van der Waals surface area contributed by atoms with Gasteiger partial charge in [0.25, 0.3) is 5.91 Å². The zero-order chi connectivity index (χ0) is 22.5. The number of carbonyl (C=O) groups is 1. The molecule has 3 nitrogen and oxygen atoms in total. The highest BCUT2D eigenvalue weighted by molar-refractivity contribution is 5.86. The van der Waals surface area contributed by atoms with E-state index in [9.17, 15) is 13.7 Å². The van der Waals surface area contributed by atoms with Crippen molar-refractivity contribution in [2.45, 2.75) is 58.8 Å². The summed E-state index contributed by atoms with van der Waals surface area (Å²) >= 11 is 0. The van der Waals surface area contributed by atoms with E-state index in [2.05, 4.69) is 5.32 Å². The molecular weight excluding hydrogens is 382 g/mol. The molecule has 0 radical (unpaired) electrons. The summed E-state index contributed by atoms with van der Waals surface area (Å²) in [5.41, 5.74) is 4.56. The molecule has 1 aliphatic heterocycles. The van der Waals surface area contributed by atoms with Crippen LogP contribution in [0.2, 0.25) is 0 Å². The van der Waals surface area contributed by atoms with Crippen LogP contribution in [0.4, 0.5) is 8.87 Å². The van der Waals surface area contributed by atoms with Crippen LogP contribution in [0.1, 0.15) is 60.4 Å². The zero-order valence-corrected chi connectivity index (χ0v) is 19.0. The molecule has 5 heteroatoms. The molecule has 0 unspecified atom stereocenters. The maximum atomic E-state index is 13.0. The molecule has 1 N–H and O–H groups in total. The highest BCUT2D eigenvalue weighted by Gasteiger charge is 2.33. The Morgan fingerprint density at radius 3 is 2.23 bits per heavy atom. The van der Waals surface area contributed by atoms with Gasteiger partial charge in [-0.2, -0.15) is 5.12 Å². The maximum Gasteiger partial charge on any atom is 0.260 e. The lowest BCUT2D eigenvalue weighted by molar-refractivity contribution is -0.148. The van der Waals surface area contributed by atoms with Crippen molar-refractivity contribution in [1.29, 1.82) is 0 Å². The highest BCUT2D eigenvalue weighted by atomic mass is 19.2. The smallest absolute Gasteiger partial charge is 0.260 e. The fraction of sp³-hybridized carbons (Fsp3) is 0.480. The molecule has 1 aliphatic rings. The Bertz CT molecular complexity index is 851. The van der Waals surface area contributed by atoms with Crippen molar-refractivity contribution < 1.29 is 13.7 Å². The predicted molar refractivity (Wildman–Crippen MR) is 119 cm³/mol. The van der Waals surface area contributed by atoms with Crippen LogP contribution in [0.3, 0.4) is 0 Å². The summed E-state index contributed by atoms with van der Waals surface area (Å²) in [6.45, 7) is 11.6. The minimum absolute atomic E-state index is 0.130. The van der Waals surface area contributed by atoms with Gasteiger partial charge in [-0.15, -0.1) is 0 Å². The van der Waals surface area contributed by atoms with Gasteiger partial charge in [0.1, 0.15) is 5.82 Å². The van der Waals surface area contributed by atoms with E-state index in [0.717, 1.165) is 42.4 Å². The van der Waals surface area contributed by atoms with Crippen LogP contribution in [-0.2, 0) is 10.2 Å². The number of benzene rings is 2. The first-order valence-corrected chi connectivity index (χ1v) is 10.5. The second-order valence-electron chi connectivity index (χ2n) is 8.83. The number of halogens is 2. The van der Waals surface area contributed by atoms with Crippen LogP contribution < -0.4 is 5.32 Å². The predicted octanol–water partition coefficient (Wildman–Crippen LogP) is 5.53. The number of amides is 1. The Hall–Kier alpha value is -2.27. The van der Waals surface area contributed by atoms with Crippen LogP contribution in [-0.4, -0.2) is 31.2 Å². The summed E-state index contributed by atoms with van der Waals surface area (Å²) in [5, 5.41) is 3.53. The Balaban J connectivity index is 0.000000215. The average molecular weight is 417 g/mol. The molecule has 2 aromatic rings. The lowest BCUT2D eigenvalue weighted by Crippen LogP contribution is -2.37. The van der Waals surface area contributed by atoms with Gasteiger partial charge in [-0.3, -0.25) is 4.79 Å². The molecule has 0 aromatic heterocycles. The summed E-state index contributed by atoms with van der Waals surface area (Å²) in [6.07, 6.45) is 2.45. The number of piperidine rings is 1. The summed E-state index contributed by atoms with van der Waals surface area (Å²) < 4.78 is 25.9. The Kier molecular flexibility index (Phi) is 8.13. The van der Waals surface area contributed by atoms with Crippen molar-refractivity contribution in [1.82, 2.24) is 10.4 Å². The van der Waals surface area contributed by atoms with Crippen molar-refractivity contribution in [3.8, 4) is 0 Å². The van der Waals surface area contributed by atoms with E-state index < -0.39 is 11.3 Å². The molecule has 0 aliphatic carbocycles. The Labute approximate surface area is 179 Å². The number of nitrogens with zero attached hydrogens (tertiary/aromatic N) is 1. The minimum Gasteiger partial charge on any atom is -0.316 e. The lowest BCUT2D eigenvalue weighted by Gasteiger charge is -2.25. The van der Waals surface area contributed by atoms with Crippen molar-refractivity contribution in [2.24, 2.45) is 0 Å². The summed E-state index contributed by atoms with van der Waals surface area (Å²) in [6, 6.07) is 11.0. The molecule has 0 saturated carbocycles. The quantitative estimate of drug-likeness (QED) is 0.668. The third kappa shape index (κ3) is 6.11. The molecule has 30 heavy (non-hydrogen) atoms. The van der Waals surface area contributed by atoms with Gasteiger partial charge < -0.3 is 5.32 Å².